The van der Waals surface area contributed by atoms with E-state index in [9.17, 15) is 0 Å². The van der Waals surface area contributed by atoms with E-state index < -0.39 is 0 Å². The van der Waals surface area contributed by atoms with Crippen LogP contribution in [0.2, 0.25) is 0 Å². The molecule has 0 aromatic carbocycles. The van der Waals surface area contributed by atoms with Crippen molar-refractivity contribution in [2.45, 2.75) is 33.2 Å². The lowest BCUT2D eigenvalue weighted by Crippen LogP contribution is -2.09. The molecule has 0 bridgehead atoms. The van der Waals surface area contributed by atoms with Crippen molar-refractivity contribution in [3.63, 3.8) is 0 Å². The van der Waals surface area contributed by atoms with Gasteiger partial charge in [0.05, 0.1) is 0 Å². The number of rotatable bonds is 4. The molecule has 62 valence electrons. The van der Waals surface area contributed by atoms with Gasteiger partial charge in [-0.15, -0.1) is 0 Å². The Labute approximate surface area is 67.4 Å². The third-order valence-electron chi connectivity index (χ3n) is 2.07. The summed E-state index contributed by atoms with van der Waals surface area (Å²) in [5.41, 5.74) is 0. The molecule has 1 rings (SSSR count). The molecule has 1 aromatic heterocycles. The summed E-state index contributed by atoms with van der Waals surface area (Å²) in [7, 11) is 0. The maximum Gasteiger partial charge on any atom is 0.137 e. The van der Waals surface area contributed by atoms with Crippen molar-refractivity contribution in [1.82, 2.24) is 14.8 Å². The number of nitrogens with zero attached hydrogens (tertiary/aromatic N) is 3. The topological polar surface area (TPSA) is 30.7 Å². The molecule has 0 aliphatic rings. The van der Waals surface area contributed by atoms with Crippen molar-refractivity contribution >= 4 is 0 Å². The number of hydrogen-bond acceptors (Lipinski definition) is 2. The van der Waals surface area contributed by atoms with Gasteiger partial charge in [-0.3, -0.25) is 4.68 Å². The van der Waals surface area contributed by atoms with Crippen LogP contribution in [0.4, 0.5) is 0 Å². The average molecular weight is 153 g/mol. The predicted octanol–water partition coefficient (Wildman–Crippen LogP) is 1.71. The molecule has 1 heterocycles. The van der Waals surface area contributed by atoms with Gasteiger partial charge in [0.25, 0.3) is 0 Å². The molecule has 0 fully saturated rings. The van der Waals surface area contributed by atoms with E-state index in [1.54, 1.807) is 12.7 Å². The minimum atomic E-state index is 0.747. The van der Waals surface area contributed by atoms with E-state index >= 15 is 0 Å². The van der Waals surface area contributed by atoms with Crippen LogP contribution in [0.5, 0.6) is 0 Å². The minimum absolute atomic E-state index is 0.747. The Kier molecular flexibility index (Phi) is 3.08. The summed E-state index contributed by atoms with van der Waals surface area (Å²) in [5.74, 6) is 0.747. The summed E-state index contributed by atoms with van der Waals surface area (Å²) in [5, 5.41) is 4.06. The van der Waals surface area contributed by atoms with E-state index in [0.717, 1.165) is 12.5 Å². The van der Waals surface area contributed by atoms with Gasteiger partial charge in [-0.2, -0.15) is 5.10 Å². The van der Waals surface area contributed by atoms with Crippen LogP contribution in [-0.4, -0.2) is 14.8 Å². The largest absolute Gasteiger partial charge is 0.253 e. The van der Waals surface area contributed by atoms with Gasteiger partial charge in [-0.25, -0.2) is 4.98 Å². The highest BCUT2D eigenvalue weighted by Gasteiger charge is 2.03. The van der Waals surface area contributed by atoms with Crippen LogP contribution in [-0.2, 0) is 6.54 Å². The monoisotopic (exact) mass is 153 g/mol. The molecule has 0 radical (unpaired) electrons. The Hall–Kier alpha value is -0.860. The molecule has 11 heavy (non-hydrogen) atoms. The molecule has 0 N–H and O–H groups in total. The van der Waals surface area contributed by atoms with Crippen molar-refractivity contribution < 1.29 is 0 Å². The molecule has 0 atom stereocenters. The van der Waals surface area contributed by atoms with Crippen LogP contribution in [0.15, 0.2) is 12.7 Å². The summed E-state index contributed by atoms with van der Waals surface area (Å²) >= 11 is 0. The predicted molar refractivity (Wildman–Crippen MR) is 44.1 cm³/mol. The lowest BCUT2D eigenvalue weighted by Gasteiger charge is -2.10. The Morgan fingerprint density at radius 3 is 2.55 bits per heavy atom. The molecule has 0 unspecified atom stereocenters. The minimum Gasteiger partial charge on any atom is -0.253 e. The highest BCUT2D eigenvalue weighted by molar-refractivity contribution is 4.60. The molecule has 0 saturated heterocycles. The van der Waals surface area contributed by atoms with Crippen LogP contribution < -0.4 is 0 Å². The Balaban J connectivity index is 2.41. The fraction of sp³-hybridized carbons (Fsp3) is 0.750. The summed E-state index contributed by atoms with van der Waals surface area (Å²) < 4.78 is 1.90. The van der Waals surface area contributed by atoms with Crippen LogP contribution in [0.3, 0.4) is 0 Å². The van der Waals surface area contributed by atoms with E-state index in [-0.39, 0.29) is 0 Å². The molecule has 0 spiro atoms. The summed E-state index contributed by atoms with van der Waals surface area (Å²) in [6.07, 6.45) is 5.80. The van der Waals surface area contributed by atoms with Gasteiger partial charge in [-0.05, 0) is 5.92 Å². The third kappa shape index (κ3) is 2.33. The van der Waals surface area contributed by atoms with Gasteiger partial charge < -0.3 is 0 Å². The van der Waals surface area contributed by atoms with E-state index in [1.807, 2.05) is 4.68 Å². The normalized spacial score (nSPS) is 10.8. The second kappa shape index (κ2) is 4.11. The standard InChI is InChI=1S/C8H15N3/c1-3-8(4-2)5-11-7-9-6-10-11/h6-8H,3-5H2,1-2H3. The Morgan fingerprint density at radius 2 is 2.09 bits per heavy atom. The average Bonchev–Trinajstić information content (AvgIpc) is 2.52. The molecule has 0 aliphatic carbocycles. The number of hydrogen-bond donors (Lipinski definition) is 0. The Morgan fingerprint density at radius 1 is 1.36 bits per heavy atom. The van der Waals surface area contributed by atoms with Gasteiger partial charge in [0.15, 0.2) is 0 Å². The molecular formula is C8H15N3. The summed E-state index contributed by atoms with van der Waals surface area (Å²) in [6.45, 7) is 5.43. The van der Waals surface area contributed by atoms with Crippen LogP contribution in [0.1, 0.15) is 26.7 Å². The zero-order valence-electron chi connectivity index (χ0n) is 7.20. The maximum absolute atomic E-state index is 4.06. The first-order chi connectivity index (χ1) is 5.36. The quantitative estimate of drug-likeness (QED) is 0.659. The van der Waals surface area contributed by atoms with Crippen molar-refractivity contribution in [3.05, 3.63) is 12.7 Å². The molecule has 3 heteroatoms. The van der Waals surface area contributed by atoms with Crippen LogP contribution in [0.25, 0.3) is 0 Å². The lowest BCUT2D eigenvalue weighted by atomic mass is 10.0. The maximum atomic E-state index is 4.06. The first-order valence-corrected chi connectivity index (χ1v) is 4.19. The van der Waals surface area contributed by atoms with Gasteiger partial charge in [-0.1, -0.05) is 26.7 Å². The summed E-state index contributed by atoms with van der Waals surface area (Å²) in [4.78, 5) is 3.90. The Bertz CT molecular complexity index is 177. The fourth-order valence-electron chi connectivity index (χ4n) is 1.14. The van der Waals surface area contributed by atoms with Gasteiger partial charge >= 0.3 is 0 Å². The first-order valence-electron chi connectivity index (χ1n) is 4.19. The second-order valence-electron chi connectivity index (χ2n) is 2.80. The van der Waals surface area contributed by atoms with E-state index in [4.69, 9.17) is 0 Å². The molecule has 3 nitrogen and oxygen atoms in total. The molecule has 0 amide bonds. The first kappa shape index (κ1) is 8.24. The molecule has 1 aromatic rings. The lowest BCUT2D eigenvalue weighted by molar-refractivity contribution is 0.395. The van der Waals surface area contributed by atoms with Crippen molar-refractivity contribution in [1.29, 1.82) is 0 Å². The zero-order valence-corrected chi connectivity index (χ0v) is 7.20. The van der Waals surface area contributed by atoms with Gasteiger partial charge in [0.2, 0.25) is 0 Å². The zero-order chi connectivity index (χ0) is 8.10. The van der Waals surface area contributed by atoms with Crippen molar-refractivity contribution in [3.8, 4) is 0 Å². The smallest absolute Gasteiger partial charge is 0.137 e. The van der Waals surface area contributed by atoms with Crippen LogP contribution >= 0.6 is 0 Å². The fourth-order valence-corrected chi connectivity index (χ4v) is 1.14. The summed E-state index contributed by atoms with van der Waals surface area (Å²) in [6, 6.07) is 0. The third-order valence-corrected chi connectivity index (χ3v) is 2.07. The van der Waals surface area contributed by atoms with E-state index in [2.05, 4.69) is 23.9 Å². The van der Waals surface area contributed by atoms with E-state index in [1.165, 1.54) is 12.8 Å². The van der Waals surface area contributed by atoms with Crippen LogP contribution in [0, 0.1) is 5.92 Å². The molecule has 0 saturated carbocycles. The molecular weight excluding hydrogens is 138 g/mol. The number of aromatic nitrogens is 3. The van der Waals surface area contributed by atoms with E-state index in [0.29, 0.717) is 0 Å². The van der Waals surface area contributed by atoms with Gasteiger partial charge in [0.1, 0.15) is 12.7 Å². The molecule has 0 aliphatic heterocycles. The van der Waals surface area contributed by atoms with Gasteiger partial charge in [0, 0.05) is 6.54 Å². The van der Waals surface area contributed by atoms with Crippen molar-refractivity contribution in [2.24, 2.45) is 5.92 Å². The highest BCUT2D eigenvalue weighted by atomic mass is 15.3. The second-order valence-corrected chi connectivity index (χ2v) is 2.80. The highest BCUT2D eigenvalue weighted by Crippen LogP contribution is 2.08. The van der Waals surface area contributed by atoms with Crippen molar-refractivity contribution in [2.75, 3.05) is 0 Å². The SMILES string of the molecule is CCC(CC)Cn1cncn1.